The van der Waals surface area contributed by atoms with Gasteiger partial charge in [-0.3, -0.25) is 4.79 Å². The van der Waals surface area contributed by atoms with Crippen LogP contribution in [-0.4, -0.2) is 12.6 Å². The lowest BCUT2D eigenvalue weighted by Crippen LogP contribution is -2.10. The molecule has 0 saturated carbocycles. The zero-order valence-electron chi connectivity index (χ0n) is 11.3. The molecule has 0 bridgehead atoms. The Kier molecular flexibility index (Phi) is 10.6. The maximum absolute atomic E-state index is 11.4. The lowest BCUT2D eigenvalue weighted by Gasteiger charge is -2.10. The first-order chi connectivity index (χ1) is 7.70. The number of carbonyl (C=O) groups excluding carboxylic acids is 1. The third kappa shape index (κ3) is 10.0. The van der Waals surface area contributed by atoms with Gasteiger partial charge in [0, 0.05) is 6.42 Å². The molecular weight excluding hydrogens is 200 g/mol. The van der Waals surface area contributed by atoms with E-state index >= 15 is 0 Å². The first kappa shape index (κ1) is 15.5. The van der Waals surface area contributed by atoms with Gasteiger partial charge in [0.25, 0.3) is 0 Å². The number of hydrogen-bond donors (Lipinski definition) is 0. The summed E-state index contributed by atoms with van der Waals surface area (Å²) in [6.45, 7) is 7.10. The van der Waals surface area contributed by atoms with E-state index in [0.717, 1.165) is 19.3 Å². The summed E-state index contributed by atoms with van der Waals surface area (Å²) >= 11 is 0. The number of rotatable bonds is 10. The summed E-state index contributed by atoms with van der Waals surface area (Å²) in [7, 11) is 0. The summed E-state index contributed by atoms with van der Waals surface area (Å²) in [6, 6.07) is 0. The fourth-order valence-electron chi connectivity index (χ4n) is 1.73. The first-order valence-electron chi connectivity index (χ1n) is 6.86. The van der Waals surface area contributed by atoms with Crippen LogP contribution in [-0.2, 0) is 9.53 Å². The van der Waals surface area contributed by atoms with E-state index in [4.69, 9.17) is 4.74 Å². The van der Waals surface area contributed by atoms with Gasteiger partial charge in [-0.1, -0.05) is 59.3 Å². The predicted octanol–water partition coefficient (Wildman–Crippen LogP) is 4.33. The Morgan fingerprint density at radius 1 is 1.06 bits per heavy atom. The summed E-state index contributed by atoms with van der Waals surface area (Å²) in [4.78, 5) is 11.4. The van der Waals surface area contributed by atoms with Gasteiger partial charge in [0.05, 0.1) is 6.61 Å². The van der Waals surface area contributed by atoms with Crippen LogP contribution in [0, 0.1) is 5.92 Å². The van der Waals surface area contributed by atoms with Crippen molar-refractivity contribution < 1.29 is 9.53 Å². The highest BCUT2D eigenvalue weighted by molar-refractivity contribution is 5.69. The molecule has 16 heavy (non-hydrogen) atoms. The molecule has 0 aliphatic carbocycles. The molecular formula is C14H28O2. The summed E-state index contributed by atoms with van der Waals surface area (Å²) < 4.78 is 5.18. The molecule has 0 aliphatic heterocycles. The number of unbranched alkanes of at least 4 members (excludes halogenated alkanes) is 4. The molecule has 0 aromatic heterocycles. The third-order valence-electron chi connectivity index (χ3n) is 2.83. The standard InChI is InChI=1S/C14H28O2/c1-4-6-8-10-13(3)12-14(15)16-11-9-7-5-2/h13H,4-12H2,1-3H3/t13-/m1/s1. The molecule has 0 fully saturated rings. The Hall–Kier alpha value is -0.530. The van der Waals surface area contributed by atoms with Crippen molar-refractivity contribution in [2.45, 2.75) is 72.1 Å². The van der Waals surface area contributed by atoms with Crippen molar-refractivity contribution in [1.29, 1.82) is 0 Å². The highest BCUT2D eigenvalue weighted by Gasteiger charge is 2.09. The van der Waals surface area contributed by atoms with Crippen LogP contribution in [0.25, 0.3) is 0 Å². The van der Waals surface area contributed by atoms with E-state index in [1.54, 1.807) is 0 Å². The molecule has 0 radical (unpaired) electrons. The Morgan fingerprint density at radius 2 is 1.69 bits per heavy atom. The lowest BCUT2D eigenvalue weighted by atomic mass is 10.0. The van der Waals surface area contributed by atoms with Gasteiger partial charge in [-0.05, 0) is 12.3 Å². The van der Waals surface area contributed by atoms with Crippen LogP contribution >= 0.6 is 0 Å². The topological polar surface area (TPSA) is 26.3 Å². The molecule has 0 aromatic carbocycles. The maximum atomic E-state index is 11.4. The molecule has 0 rings (SSSR count). The van der Waals surface area contributed by atoms with Gasteiger partial charge in [0.15, 0.2) is 0 Å². The van der Waals surface area contributed by atoms with Crippen molar-refractivity contribution in [2.24, 2.45) is 5.92 Å². The molecule has 0 unspecified atom stereocenters. The molecule has 0 saturated heterocycles. The minimum absolute atomic E-state index is 0.0138. The fraction of sp³-hybridized carbons (Fsp3) is 0.929. The summed E-state index contributed by atoms with van der Waals surface area (Å²) in [6.07, 6.45) is 8.83. The molecule has 0 aromatic rings. The van der Waals surface area contributed by atoms with E-state index in [-0.39, 0.29) is 5.97 Å². The van der Waals surface area contributed by atoms with Crippen LogP contribution in [0.1, 0.15) is 72.1 Å². The third-order valence-corrected chi connectivity index (χ3v) is 2.83. The largest absolute Gasteiger partial charge is 0.466 e. The molecule has 2 heteroatoms. The molecule has 1 atom stereocenters. The quantitative estimate of drug-likeness (QED) is 0.411. The smallest absolute Gasteiger partial charge is 0.306 e. The van der Waals surface area contributed by atoms with Crippen molar-refractivity contribution in [2.75, 3.05) is 6.61 Å². The van der Waals surface area contributed by atoms with Gasteiger partial charge >= 0.3 is 5.97 Å². The predicted molar refractivity (Wildman–Crippen MR) is 68.4 cm³/mol. The SMILES string of the molecule is CCCCCOC(=O)C[C@H](C)CCCCC. The number of ether oxygens (including phenoxy) is 1. The van der Waals surface area contributed by atoms with E-state index < -0.39 is 0 Å². The van der Waals surface area contributed by atoms with Crippen molar-refractivity contribution in [3.8, 4) is 0 Å². The Balaban J connectivity index is 3.39. The number of esters is 1. The van der Waals surface area contributed by atoms with Gasteiger partial charge in [0.1, 0.15) is 0 Å². The van der Waals surface area contributed by atoms with E-state index in [1.165, 1.54) is 25.7 Å². The second kappa shape index (κ2) is 11.0. The molecule has 0 spiro atoms. The molecule has 96 valence electrons. The molecule has 2 nitrogen and oxygen atoms in total. The van der Waals surface area contributed by atoms with Gasteiger partial charge in [-0.2, -0.15) is 0 Å². The van der Waals surface area contributed by atoms with Crippen LogP contribution in [0.3, 0.4) is 0 Å². The molecule has 0 aliphatic rings. The second-order valence-corrected chi connectivity index (χ2v) is 4.73. The highest BCUT2D eigenvalue weighted by Crippen LogP contribution is 2.13. The van der Waals surface area contributed by atoms with Crippen molar-refractivity contribution in [3.63, 3.8) is 0 Å². The van der Waals surface area contributed by atoms with Crippen LogP contribution in [0.15, 0.2) is 0 Å². The van der Waals surface area contributed by atoms with E-state index in [0.29, 0.717) is 18.9 Å². The van der Waals surface area contributed by atoms with Crippen molar-refractivity contribution in [3.05, 3.63) is 0 Å². The van der Waals surface area contributed by atoms with Crippen molar-refractivity contribution >= 4 is 5.97 Å². The Morgan fingerprint density at radius 3 is 2.31 bits per heavy atom. The number of carbonyl (C=O) groups is 1. The second-order valence-electron chi connectivity index (χ2n) is 4.73. The monoisotopic (exact) mass is 228 g/mol. The average Bonchev–Trinajstić information content (AvgIpc) is 2.25. The van der Waals surface area contributed by atoms with E-state index in [2.05, 4.69) is 20.8 Å². The van der Waals surface area contributed by atoms with Crippen LogP contribution in [0.4, 0.5) is 0 Å². The maximum Gasteiger partial charge on any atom is 0.306 e. The van der Waals surface area contributed by atoms with Gasteiger partial charge in [0.2, 0.25) is 0 Å². The van der Waals surface area contributed by atoms with Crippen LogP contribution in [0.5, 0.6) is 0 Å². The van der Waals surface area contributed by atoms with Gasteiger partial charge in [-0.15, -0.1) is 0 Å². The zero-order valence-corrected chi connectivity index (χ0v) is 11.3. The molecule has 0 N–H and O–H groups in total. The average molecular weight is 228 g/mol. The highest BCUT2D eigenvalue weighted by atomic mass is 16.5. The van der Waals surface area contributed by atoms with Crippen molar-refractivity contribution in [1.82, 2.24) is 0 Å². The summed E-state index contributed by atoms with van der Waals surface area (Å²) in [5, 5.41) is 0. The minimum Gasteiger partial charge on any atom is -0.466 e. The summed E-state index contributed by atoms with van der Waals surface area (Å²) in [5.41, 5.74) is 0. The van der Waals surface area contributed by atoms with Gasteiger partial charge in [-0.25, -0.2) is 0 Å². The van der Waals surface area contributed by atoms with Gasteiger partial charge < -0.3 is 4.74 Å². The molecule has 0 heterocycles. The first-order valence-corrected chi connectivity index (χ1v) is 6.86. The van der Waals surface area contributed by atoms with Crippen LogP contribution < -0.4 is 0 Å². The zero-order chi connectivity index (χ0) is 12.2. The normalized spacial score (nSPS) is 12.4. The molecule has 0 amide bonds. The van der Waals surface area contributed by atoms with E-state index in [9.17, 15) is 4.79 Å². The summed E-state index contributed by atoms with van der Waals surface area (Å²) in [5.74, 6) is 0.463. The number of hydrogen-bond acceptors (Lipinski definition) is 2. The Labute approximate surface area is 101 Å². The minimum atomic E-state index is -0.0138. The lowest BCUT2D eigenvalue weighted by molar-refractivity contribution is -0.144. The fourth-order valence-corrected chi connectivity index (χ4v) is 1.73. The van der Waals surface area contributed by atoms with Crippen LogP contribution in [0.2, 0.25) is 0 Å². The Bertz CT molecular complexity index is 166. The van der Waals surface area contributed by atoms with E-state index in [1.807, 2.05) is 0 Å².